The summed E-state index contributed by atoms with van der Waals surface area (Å²) in [5.74, 6) is 4.63. The fourth-order valence-electron chi connectivity index (χ4n) is 0.999. The first-order valence-corrected chi connectivity index (χ1v) is 5.46. The summed E-state index contributed by atoms with van der Waals surface area (Å²) >= 11 is 0. The maximum absolute atomic E-state index is 11.4. The molecular weight excluding hydrogens is 222 g/mol. The van der Waals surface area contributed by atoms with Crippen LogP contribution in [0.4, 0.5) is 0 Å². The standard InChI is InChI=1S/C11H19N3O3/c1-2-17-10(15)6-8-14-11(16)9(13)5-3-4-7-12/h9H,2,5-8,12-13H2,1H3,(H,14,16). The number of carbonyl (C=O) groups excluding carboxylic acids is 2. The first kappa shape index (κ1) is 15.4. The number of hydrogen-bond donors (Lipinski definition) is 3. The zero-order valence-corrected chi connectivity index (χ0v) is 9.99. The minimum Gasteiger partial charge on any atom is -0.466 e. The van der Waals surface area contributed by atoms with E-state index in [0.29, 0.717) is 6.61 Å². The number of hydrogen-bond acceptors (Lipinski definition) is 5. The first-order chi connectivity index (χ1) is 8.11. The first-order valence-electron chi connectivity index (χ1n) is 5.46. The SMILES string of the molecule is CCOC(=O)CCNC(=O)C(N)CC#CCN. The van der Waals surface area contributed by atoms with Crippen molar-refractivity contribution in [1.82, 2.24) is 5.32 Å². The van der Waals surface area contributed by atoms with Crippen LogP contribution in [0, 0.1) is 11.8 Å². The van der Waals surface area contributed by atoms with Crippen LogP contribution < -0.4 is 16.8 Å². The largest absolute Gasteiger partial charge is 0.466 e. The minimum atomic E-state index is -0.698. The summed E-state index contributed by atoms with van der Waals surface area (Å²) in [6.45, 7) is 2.52. The van der Waals surface area contributed by atoms with Gasteiger partial charge in [-0.15, -0.1) is 0 Å². The number of rotatable bonds is 6. The Labute approximate surface area is 101 Å². The van der Waals surface area contributed by atoms with Crippen molar-refractivity contribution in [2.45, 2.75) is 25.8 Å². The molecule has 0 bridgehead atoms. The van der Waals surface area contributed by atoms with Crippen LogP contribution in [0.1, 0.15) is 19.8 Å². The molecule has 1 atom stereocenters. The van der Waals surface area contributed by atoms with Gasteiger partial charge in [-0.25, -0.2) is 0 Å². The molecule has 1 unspecified atom stereocenters. The minimum absolute atomic E-state index is 0.140. The van der Waals surface area contributed by atoms with Crippen LogP contribution in [0.15, 0.2) is 0 Å². The molecule has 0 rings (SSSR count). The fraction of sp³-hybridized carbons (Fsp3) is 0.636. The average molecular weight is 241 g/mol. The van der Waals surface area contributed by atoms with E-state index in [0.717, 1.165) is 0 Å². The van der Waals surface area contributed by atoms with Crippen LogP contribution >= 0.6 is 0 Å². The van der Waals surface area contributed by atoms with Crippen LogP contribution in [-0.4, -0.2) is 37.6 Å². The molecule has 0 spiro atoms. The molecule has 0 aliphatic heterocycles. The molecule has 0 saturated heterocycles. The lowest BCUT2D eigenvalue weighted by Crippen LogP contribution is -2.41. The summed E-state index contributed by atoms with van der Waals surface area (Å²) in [6, 6.07) is -0.698. The van der Waals surface area contributed by atoms with Gasteiger partial charge in [0, 0.05) is 13.0 Å². The van der Waals surface area contributed by atoms with Crippen molar-refractivity contribution in [3.8, 4) is 11.8 Å². The molecule has 0 saturated carbocycles. The van der Waals surface area contributed by atoms with Crippen LogP contribution in [-0.2, 0) is 14.3 Å². The maximum Gasteiger partial charge on any atom is 0.307 e. The highest BCUT2D eigenvalue weighted by Gasteiger charge is 2.11. The second-order valence-electron chi connectivity index (χ2n) is 3.21. The van der Waals surface area contributed by atoms with E-state index < -0.39 is 6.04 Å². The number of ether oxygens (including phenoxy) is 1. The summed E-state index contributed by atoms with van der Waals surface area (Å²) in [5, 5.41) is 2.53. The molecule has 0 fully saturated rings. The third kappa shape index (κ3) is 8.25. The number of esters is 1. The Morgan fingerprint density at radius 1 is 1.41 bits per heavy atom. The molecule has 0 aromatic carbocycles. The van der Waals surface area contributed by atoms with E-state index in [-0.39, 0.29) is 37.8 Å². The molecule has 0 aliphatic rings. The van der Waals surface area contributed by atoms with Gasteiger partial charge < -0.3 is 21.5 Å². The van der Waals surface area contributed by atoms with Crippen molar-refractivity contribution >= 4 is 11.9 Å². The lowest BCUT2D eigenvalue weighted by Gasteiger charge is -2.09. The second-order valence-corrected chi connectivity index (χ2v) is 3.21. The molecule has 5 N–H and O–H groups in total. The molecule has 6 nitrogen and oxygen atoms in total. The van der Waals surface area contributed by atoms with E-state index in [1.807, 2.05) is 0 Å². The lowest BCUT2D eigenvalue weighted by molar-refractivity contribution is -0.143. The monoisotopic (exact) mass is 241 g/mol. The topological polar surface area (TPSA) is 107 Å². The van der Waals surface area contributed by atoms with Gasteiger partial charge in [0.05, 0.1) is 25.6 Å². The van der Waals surface area contributed by atoms with Crippen molar-refractivity contribution in [2.75, 3.05) is 19.7 Å². The molecule has 1 amide bonds. The van der Waals surface area contributed by atoms with Gasteiger partial charge in [0.1, 0.15) is 0 Å². The summed E-state index contributed by atoms with van der Waals surface area (Å²) < 4.78 is 4.71. The Kier molecular flexibility index (Phi) is 8.74. The van der Waals surface area contributed by atoms with Crippen molar-refractivity contribution < 1.29 is 14.3 Å². The van der Waals surface area contributed by atoms with Crippen molar-refractivity contribution in [3.05, 3.63) is 0 Å². The van der Waals surface area contributed by atoms with Gasteiger partial charge in [-0.05, 0) is 6.92 Å². The molecule has 0 aromatic rings. The van der Waals surface area contributed by atoms with Gasteiger partial charge in [-0.2, -0.15) is 0 Å². The Morgan fingerprint density at radius 3 is 2.71 bits per heavy atom. The molecule has 6 heteroatoms. The summed E-state index contributed by atoms with van der Waals surface area (Å²) in [6.07, 6.45) is 0.392. The highest BCUT2D eigenvalue weighted by Crippen LogP contribution is 1.88. The molecule has 17 heavy (non-hydrogen) atoms. The number of carbonyl (C=O) groups is 2. The number of nitrogens with one attached hydrogen (secondary N) is 1. The predicted molar refractivity (Wildman–Crippen MR) is 63.7 cm³/mol. The van der Waals surface area contributed by atoms with Gasteiger partial charge in [-0.3, -0.25) is 9.59 Å². The Balaban J connectivity index is 3.74. The zero-order valence-electron chi connectivity index (χ0n) is 9.99. The molecule has 0 aromatic heterocycles. The van der Waals surface area contributed by atoms with E-state index in [2.05, 4.69) is 17.2 Å². The third-order valence-electron chi connectivity index (χ3n) is 1.82. The lowest BCUT2D eigenvalue weighted by atomic mass is 10.2. The fourth-order valence-corrected chi connectivity index (χ4v) is 0.999. The Hall–Kier alpha value is -1.58. The molecule has 96 valence electrons. The molecule has 0 aliphatic carbocycles. The molecular formula is C11H19N3O3. The van der Waals surface area contributed by atoms with E-state index in [1.54, 1.807) is 6.92 Å². The Bertz CT molecular complexity index is 307. The predicted octanol–water partition coefficient (Wildman–Crippen LogP) is -1.26. The Morgan fingerprint density at radius 2 is 2.12 bits per heavy atom. The zero-order chi connectivity index (χ0) is 13.1. The van der Waals surface area contributed by atoms with Gasteiger partial charge in [0.25, 0.3) is 0 Å². The average Bonchev–Trinajstić information content (AvgIpc) is 2.29. The molecule has 0 heterocycles. The van der Waals surface area contributed by atoms with Crippen LogP contribution in [0.3, 0.4) is 0 Å². The summed E-state index contributed by atoms with van der Waals surface area (Å²) in [5.41, 5.74) is 10.7. The number of amides is 1. The quantitative estimate of drug-likeness (QED) is 0.397. The van der Waals surface area contributed by atoms with Crippen molar-refractivity contribution in [2.24, 2.45) is 11.5 Å². The highest BCUT2D eigenvalue weighted by atomic mass is 16.5. The van der Waals surface area contributed by atoms with Crippen LogP contribution in [0.5, 0.6) is 0 Å². The van der Waals surface area contributed by atoms with Gasteiger partial charge >= 0.3 is 5.97 Å². The third-order valence-corrected chi connectivity index (χ3v) is 1.82. The van der Waals surface area contributed by atoms with Crippen molar-refractivity contribution in [3.63, 3.8) is 0 Å². The van der Waals surface area contributed by atoms with Crippen molar-refractivity contribution in [1.29, 1.82) is 0 Å². The van der Waals surface area contributed by atoms with E-state index in [1.165, 1.54) is 0 Å². The summed E-state index contributed by atoms with van der Waals surface area (Å²) in [4.78, 5) is 22.4. The van der Waals surface area contributed by atoms with Gasteiger partial charge in [0.2, 0.25) is 5.91 Å². The van der Waals surface area contributed by atoms with Gasteiger partial charge in [0.15, 0.2) is 0 Å². The van der Waals surface area contributed by atoms with Crippen LogP contribution in [0.25, 0.3) is 0 Å². The summed E-state index contributed by atoms with van der Waals surface area (Å²) in [7, 11) is 0. The normalized spacial score (nSPS) is 11.0. The van der Waals surface area contributed by atoms with E-state index >= 15 is 0 Å². The van der Waals surface area contributed by atoms with E-state index in [9.17, 15) is 9.59 Å². The molecule has 0 radical (unpaired) electrons. The number of nitrogens with two attached hydrogens (primary N) is 2. The van der Waals surface area contributed by atoms with Crippen LogP contribution in [0.2, 0.25) is 0 Å². The second kappa shape index (κ2) is 9.63. The van der Waals surface area contributed by atoms with E-state index in [4.69, 9.17) is 16.2 Å². The smallest absolute Gasteiger partial charge is 0.307 e. The highest BCUT2D eigenvalue weighted by molar-refractivity contribution is 5.82. The van der Waals surface area contributed by atoms with Gasteiger partial charge in [-0.1, -0.05) is 11.8 Å². The maximum atomic E-state index is 11.4.